The molecule has 0 radical (unpaired) electrons. The number of carbonyl (C=O) groups excluding carboxylic acids is 1. The lowest BCUT2D eigenvalue weighted by Gasteiger charge is -2.10. The summed E-state index contributed by atoms with van der Waals surface area (Å²) in [5, 5.41) is 8.94. The molecule has 0 aliphatic rings. The van der Waals surface area contributed by atoms with Crippen LogP contribution in [0.1, 0.15) is 23.7 Å². The van der Waals surface area contributed by atoms with Crippen LogP contribution in [0.4, 0.5) is 5.69 Å². The largest absolute Gasteiger partial charge is 0.478 e. The number of carboxylic acids is 1. The van der Waals surface area contributed by atoms with Crippen molar-refractivity contribution in [1.29, 1.82) is 0 Å². The lowest BCUT2D eigenvalue weighted by molar-refractivity contribution is -0.142. The Hall–Kier alpha value is -2.09. The van der Waals surface area contributed by atoms with Gasteiger partial charge in [0.05, 0.1) is 30.0 Å². The second-order valence-electron chi connectivity index (χ2n) is 3.83. The molecule has 2 N–H and O–H groups in total. The summed E-state index contributed by atoms with van der Waals surface area (Å²) in [6, 6.07) is 5.62. The molecule has 1 rings (SSSR count). The first kappa shape index (κ1) is 16.0. The van der Waals surface area contributed by atoms with Gasteiger partial charge in [-0.25, -0.2) is 13.2 Å². The Balaban J connectivity index is 2.77. The number of carbonyl (C=O) groups is 2. The van der Waals surface area contributed by atoms with Crippen molar-refractivity contribution >= 4 is 27.6 Å². The Morgan fingerprint density at radius 2 is 1.95 bits per heavy atom. The van der Waals surface area contributed by atoms with Gasteiger partial charge >= 0.3 is 11.9 Å². The Morgan fingerprint density at radius 1 is 1.30 bits per heavy atom. The van der Waals surface area contributed by atoms with Gasteiger partial charge < -0.3 is 9.84 Å². The van der Waals surface area contributed by atoms with Gasteiger partial charge in [-0.1, -0.05) is 12.1 Å². The predicted octanol–water partition coefficient (Wildman–Crippen LogP) is 1.08. The average Bonchev–Trinajstić information content (AvgIpc) is 2.37. The molecule has 0 aromatic heterocycles. The van der Waals surface area contributed by atoms with Crippen molar-refractivity contribution in [3.8, 4) is 0 Å². The molecule has 20 heavy (non-hydrogen) atoms. The molecule has 0 atom stereocenters. The highest BCUT2D eigenvalue weighted by molar-refractivity contribution is 7.92. The van der Waals surface area contributed by atoms with Crippen LogP contribution in [0.5, 0.6) is 0 Å². The summed E-state index contributed by atoms with van der Waals surface area (Å²) in [4.78, 5) is 22.1. The molecule has 8 heteroatoms. The highest BCUT2D eigenvalue weighted by Gasteiger charge is 2.17. The monoisotopic (exact) mass is 301 g/mol. The normalized spacial score (nSPS) is 10.8. The quantitative estimate of drug-likeness (QED) is 0.729. The second kappa shape index (κ2) is 6.90. The molecule has 110 valence electrons. The molecule has 0 saturated carbocycles. The minimum Gasteiger partial charge on any atom is -0.478 e. The molecule has 1 aromatic carbocycles. The molecule has 0 fully saturated rings. The summed E-state index contributed by atoms with van der Waals surface area (Å²) in [5.41, 5.74) is -0.198. The van der Waals surface area contributed by atoms with Gasteiger partial charge in [0.2, 0.25) is 10.0 Å². The Kier molecular flexibility index (Phi) is 5.51. The molecule has 0 aliphatic carbocycles. The van der Waals surface area contributed by atoms with Gasteiger partial charge in [-0.05, 0) is 19.1 Å². The van der Waals surface area contributed by atoms with Crippen LogP contribution in [-0.2, 0) is 19.6 Å². The van der Waals surface area contributed by atoms with Gasteiger partial charge in [-0.2, -0.15) is 0 Å². The lowest BCUT2D eigenvalue weighted by atomic mass is 10.2. The van der Waals surface area contributed by atoms with E-state index >= 15 is 0 Å². The van der Waals surface area contributed by atoms with Crippen LogP contribution < -0.4 is 4.72 Å². The zero-order valence-electron chi connectivity index (χ0n) is 10.8. The van der Waals surface area contributed by atoms with Crippen molar-refractivity contribution < 1.29 is 27.9 Å². The number of esters is 1. The van der Waals surface area contributed by atoms with E-state index in [1.165, 1.54) is 24.3 Å². The van der Waals surface area contributed by atoms with Gasteiger partial charge in [-0.15, -0.1) is 0 Å². The van der Waals surface area contributed by atoms with Gasteiger partial charge in [0.25, 0.3) is 0 Å². The Labute approximate surface area is 116 Å². The fourth-order valence-electron chi connectivity index (χ4n) is 1.43. The molecular weight excluding hydrogens is 286 g/mol. The van der Waals surface area contributed by atoms with E-state index in [1.807, 2.05) is 0 Å². The number of nitrogens with one attached hydrogen (secondary N) is 1. The number of benzene rings is 1. The number of rotatable bonds is 7. The Morgan fingerprint density at radius 3 is 2.55 bits per heavy atom. The highest BCUT2D eigenvalue weighted by Crippen LogP contribution is 2.16. The second-order valence-corrected chi connectivity index (χ2v) is 5.67. The Bertz CT molecular complexity index is 596. The van der Waals surface area contributed by atoms with E-state index in [0.29, 0.717) is 0 Å². The molecule has 0 saturated heterocycles. The maximum Gasteiger partial charge on any atom is 0.337 e. The molecule has 1 aromatic rings. The maximum atomic E-state index is 11.8. The van der Waals surface area contributed by atoms with Crippen molar-refractivity contribution in [3.63, 3.8) is 0 Å². The van der Waals surface area contributed by atoms with E-state index in [2.05, 4.69) is 9.46 Å². The number of hydrogen-bond donors (Lipinski definition) is 2. The van der Waals surface area contributed by atoms with Crippen molar-refractivity contribution in [1.82, 2.24) is 0 Å². The van der Waals surface area contributed by atoms with Crippen LogP contribution in [0.25, 0.3) is 0 Å². The summed E-state index contributed by atoms with van der Waals surface area (Å²) in [5.74, 6) is -2.34. The molecule has 0 bridgehead atoms. The predicted molar refractivity (Wildman–Crippen MR) is 72.1 cm³/mol. The third-order valence-electron chi connectivity index (χ3n) is 2.30. The summed E-state index contributed by atoms with van der Waals surface area (Å²) < 4.78 is 30.3. The van der Waals surface area contributed by atoms with Gasteiger partial charge in [0, 0.05) is 0 Å². The first-order valence-electron chi connectivity index (χ1n) is 5.84. The van der Waals surface area contributed by atoms with Crippen LogP contribution in [0.3, 0.4) is 0 Å². The van der Waals surface area contributed by atoms with E-state index in [9.17, 15) is 18.0 Å². The minimum atomic E-state index is -3.82. The third-order valence-corrected chi connectivity index (χ3v) is 3.58. The van der Waals surface area contributed by atoms with Gasteiger partial charge in [0.15, 0.2) is 0 Å². The zero-order chi connectivity index (χ0) is 15.2. The fraction of sp³-hybridized carbons (Fsp3) is 0.333. The van der Waals surface area contributed by atoms with Crippen molar-refractivity contribution in [2.45, 2.75) is 13.3 Å². The summed E-state index contributed by atoms with van der Waals surface area (Å²) >= 11 is 0. The highest BCUT2D eigenvalue weighted by atomic mass is 32.2. The minimum absolute atomic E-state index is 0.0381. The van der Waals surface area contributed by atoms with Crippen molar-refractivity contribution in [2.75, 3.05) is 17.1 Å². The SMILES string of the molecule is CCOC(=O)CCS(=O)(=O)Nc1ccccc1C(=O)O. The van der Waals surface area contributed by atoms with Crippen LogP contribution >= 0.6 is 0 Å². The van der Waals surface area contributed by atoms with E-state index in [1.54, 1.807) is 6.92 Å². The average molecular weight is 301 g/mol. The first-order chi connectivity index (χ1) is 9.35. The number of hydrogen-bond acceptors (Lipinski definition) is 5. The van der Waals surface area contributed by atoms with Crippen LogP contribution in [0.15, 0.2) is 24.3 Å². The van der Waals surface area contributed by atoms with Crippen molar-refractivity contribution in [3.05, 3.63) is 29.8 Å². The van der Waals surface area contributed by atoms with Gasteiger partial charge in [0.1, 0.15) is 0 Å². The standard InChI is InChI=1S/C12H15NO6S/c1-2-19-11(14)7-8-20(17,18)13-10-6-4-3-5-9(10)12(15)16/h3-6,13H,2,7-8H2,1H3,(H,15,16). The molecule has 0 heterocycles. The number of para-hydroxylation sites is 1. The smallest absolute Gasteiger partial charge is 0.337 e. The third kappa shape index (κ3) is 4.88. The van der Waals surface area contributed by atoms with E-state index in [-0.39, 0.29) is 24.3 Å². The molecular formula is C12H15NO6S. The van der Waals surface area contributed by atoms with E-state index in [0.717, 1.165) is 0 Å². The lowest BCUT2D eigenvalue weighted by Crippen LogP contribution is -2.21. The number of sulfonamides is 1. The summed E-state index contributed by atoms with van der Waals surface area (Å²) in [7, 11) is -3.82. The number of ether oxygens (including phenoxy) is 1. The molecule has 0 amide bonds. The molecule has 0 aliphatic heterocycles. The first-order valence-corrected chi connectivity index (χ1v) is 7.49. The fourth-order valence-corrected chi connectivity index (χ4v) is 2.48. The summed E-state index contributed by atoms with van der Waals surface area (Å²) in [6.45, 7) is 1.79. The van der Waals surface area contributed by atoms with Crippen LogP contribution in [0, 0.1) is 0 Å². The topological polar surface area (TPSA) is 110 Å². The molecule has 0 spiro atoms. The maximum absolute atomic E-state index is 11.8. The zero-order valence-corrected chi connectivity index (χ0v) is 11.6. The number of anilines is 1. The van der Waals surface area contributed by atoms with Gasteiger partial charge in [-0.3, -0.25) is 9.52 Å². The number of carboxylic acid groups (broad SMARTS) is 1. The molecule has 0 unspecified atom stereocenters. The molecule has 7 nitrogen and oxygen atoms in total. The number of aromatic carboxylic acids is 1. The summed E-state index contributed by atoms with van der Waals surface area (Å²) in [6.07, 6.45) is -0.293. The van der Waals surface area contributed by atoms with Crippen LogP contribution in [0.2, 0.25) is 0 Å². The van der Waals surface area contributed by atoms with Crippen molar-refractivity contribution in [2.24, 2.45) is 0 Å². The van der Waals surface area contributed by atoms with E-state index < -0.39 is 27.7 Å². The van der Waals surface area contributed by atoms with E-state index in [4.69, 9.17) is 5.11 Å². The van der Waals surface area contributed by atoms with Crippen LogP contribution in [-0.4, -0.2) is 37.8 Å².